The zero-order chi connectivity index (χ0) is 15.3. The van der Waals surface area contributed by atoms with E-state index in [1.807, 2.05) is 38.9 Å². The number of aryl methyl sites for hydroxylation is 2. The van der Waals surface area contributed by atoms with Gasteiger partial charge in [-0.1, -0.05) is 0 Å². The molecule has 0 saturated heterocycles. The molecule has 0 bridgehead atoms. The molecule has 0 aliphatic heterocycles. The van der Waals surface area contributed by atoms with Gasteiger partial charge in [-0.3, -0.25) is 4.90 Å². The molecule has 0 atom stereocenters. The fourth-order valence-corrected chi connectivity index (χ4v) is 1.84. The first-order chi connectivity index (χ1) is 9.40. The highest BCUT2D eigenvalue weighted by atomic mass is 16.5. The Labute approximate surface area is 119 Å². The van der Waals surface area contributed by atoms with Crippen LogP contribution in [0, 0.1) is 25.2 Å². The van der Waals surface area contributed by atoms with Gasteiger partial charge in [0.05, 0.1) is 12.7 Å². The molecule has 1 aromatic heterocycles. The van der Waals surface area contributed by atoms with E-state index in [4.69, 9.17) is 4.74 Å². The van der Waals surface area contributed by atoms with E-state index in [2.05, 4.69) is 11.1 Å². The van der Waals surface area contributed by atoms with Crippen molar-refractivity contribution >= 4 is 11.9 Å². The molecule has 6 nitrogen and oxygen atoms in total. The van der Waals surface area contributed by atoms with Gasteiger partial charge in [0.1, 0.15) is 6.07 Å². The van der Waals surface area contributed by atoms with Gasteiger partial charge in [-0.2, -0.15) is 5.26 Å². The molecule has 1 rings (SSSR count). The highest BCUT2D eigenvalue weighted by molar-refractivity contribution is 5.88. The summed E-state index contributed by atoms with van der Waals surface area (Å²) in [6.45, 7) is 4.72. The number of aromatic nitrogens is 1. The van der Waals surface area contributed by atoms with Gasteiger partial charge < -0.3 is 9.64 Å². The molecular weight excluding hydrogens is 256 g/mol. The second-order valence-corrected chi connectivity index (χ2v) is 4.82. The molecule has 20 heavy (non-hydrogen) atoms. The van der Waals surface area contributed by atoms with Crippen LogP contribution in [0.3, 0.4) is 0 Å². The maximum Gasteiger partial charge on any atom is 0.415 e. The average molecular weight is 276 g/mol. The average Bonchev–Trinajstić information content (AvgIpc) is 2.37. The van der Waals surface area contributed by atoms with Gasteiger partial charge in [0.25, 0.3) is 0 Å². The lowest BCUT2D eigenvalue weighted by atomic mass is 10.1. The number of likely N-dealkylation sites (N-methyl/N-ethyl adjacent to an activating group) is 1. The monoisotopic (exact) mass is 276 g/mol. The summed E-state index contributed by atoms with van der Waals surface area (Å²) in [7, 11) is 5.14. The molecule has 6 heteroatoms. The largest absolute Gasteiger partial charge is 0.452 e. The van der Waals surface area contributed by atoms with Crippen LogP contribution in [0.1, 0.15) is 16.8 Å². The van der Waals surface area contributed by atoms with Gasteiger partial charge in [0, 0.05) is 18.8 Å². The predicted octanol–water partition coefficient (Wildman–Crippen LogP) is 1.70. The standard InChI is InChI=1S/C14H20N4O2/c1-10-8-11(2)16-13(12(10)9-15)18(14(19)20-5)7-6-17(3)4/h8H,6-7H2,1-5H3. The van der Waals surface area contributed by atoms with Crippen LogP contribution in [0.4, 0.5) is 10.6 Å². The fraction of sp³-hybridized carbons (Fsp3) is 0.500. The SMILES string of the molecule is COC(=O)N(CCN(C)C)c1nc(C)cc(C)c1C#N. The summed E-state index contributed by atoms with van der Waals surface area (Å²) in [6, 6.07) is 3.94. The third-order valence-electron chi connectivity index (χ3n) is 2.86. The first-order valence-electron chi connectivity index (χ1n) is 6.29. The zero-order valence-electron chi connectivity index (χ0n) is 12.6. The molecule has 0 aromatic carbocycles. The normalized spacial score (nSPS) is 10.2. The van der Waals surface area contributed by atoms with Crippen molar-refractivity contribution in [1.29, 1.82) is 5.26 Å². The van der Waals surface area contributed by atoms with Crippen LogP contribution in [0.25, 0.3) is 0 Å². The number of hydrogen-bond acceptors (Lipinski definition) is 5. The third-order valence-corrected chi connectivity index (χ3v) is 2.86. The number of amides is 1. The molecule has 0 N–H and O–H groups in total. The summed E-state index contributed by atoms with van der Waals surface area (Å²) in [5.41, 5.74) is 1.96. The van der Waals surface area contributed by atoms with Crippen molar-refractivity contribution in [2.24, 2.45) is 0 Å². The Morgan fingerprint density at radius 2 is 2.05 bits per heavy atom. The van der Waals surface area contributed by atoms with E-state index in [0.717, 1.165) is 11.3 Å². The molecule has 0 aliphatic rings. The van der Waals surface area contributed by atoms with Crippen LogP contribution in [0.2, 0.25) is 0 Å². The van der Waals surface area contributed by atoms with Crippen molar-refractivity contribution in [3.05, 3.63) is 22.9 Å². The van der Waals surface area contributed by atoms with Gasteiger partial charge >= 0.3 is 6.09 Å². The number of rotatable bonds is 4. The predicted molar refractivity (Wildman–Crippen MR) is 76.7 cm³/mol. The molecule has 0 saturated carbocycles. The van der Waals surface area contributed by atoms with Gasteiger partial charge in [-0.25, -0.2) is 9.78 Å². The van der Waals surface area contributed by atoms with E-state index >= 15 is 0 Å². The number of carbonyl (C=O) groups excluding carboxylic acids is 1. The minimum atomic E-state index is -0.513. The van der Waals surface area contributed by atoms with Gasteiger partial charge in [-0.05, 0) is 39.6 Å². The van der Waals surface area contributed by atoms with Gasteiger partial charge in [0.2, 0.25) is 0 Å². The molecule has 0 aliphatic carbocycles. The van der Waals surface area contributed by atoms with E-state index in [0.29, 0.717) is 24.5 Å². The van der Waals surface area contributed by atoms with E-state index in [9.17, 15) is 10.1 Å². The lowest BCUT2D eigenvalue weighted by molar-refractivity contribution is 0.177. The topological polar surface area (TPSA) is 69.5 Å². The minimum absolute atomic E-state index is 0.360. The summed E-state index contributed by atoms with van der Waals surface area (Å²) in [5, 5.41) is 9.29. The van der Waals surface area contributed by atoms with Crippen molar-refractivity contribution in [1.82, 2.24) is 9.88 Å². The molecule has 1 aromatic rings. The molecule has 108 valence electrons. The summed E-state index contributed by atoms with van der Waals surface area (Å²) in [5.74, 6) is 0.360. The molecule has 1 heterocycles. The lowest BCUT2D eigenvalue weighted by Gasteiger charge is -2.23. The van der Waals surface area contributed by atoms with Gasteiger partial charge in [-0.15, -0.1) is 0 Å². The second kappa shape index (κ2) is 6.87. The van der Waals surface area contributed by atoms with Crippen molar-refractivity contribution in [2.75, 3.05) is 39.2 Å². The van der Waals surface area contributed by atoms with E-state index in [1.165, 1.54) is 12.0 Å². The minimum Gasteiger partial charge on any atom is -0.452 e. The number of pyridine rings is 1. The number of methoxy groups -OCH3 is 1. The number of ether oxygens (including phenoxy) is 1. The Balaban J connectivity index is 3.26. The third kappa shape index (κ3) is 3.68. The number of anilines is 1. The molecule has 0 spiro atoms. The van der Waals surface area contributed by atoms with Crippen LogP contribution in [0.5, 0.6) is 0 Å². The molecule has 1 amide bonds. The Kier molecular flexibility index (Phi) is 5.47. The molecule has 0 unspecified atom stereocenters. The zero-order valence-corrected chi connectivity index (χ0v) is 12.6. The van der Waals surface area contributed by atoms with Crippen molar-refractivity contribution < 1.29 is 9.53 Å². The Morgan fingerprint density at radius 3 is 2.55 bits per heavy atom. The Bertz CT molecular complexity index is 535. The number of carbonyl (C=O) groups is 1. The molecule has 0 radical (unpaired) electrons. The quantitative estimate of drug-likeness (QED) is 0.837. The summed E-state index contributed by atoms with van der Waals surface area (Å²) < 4.78 is 4.80. The first kappa shape index (κ1) is 15.9. The maximum atomic E-state index is 12.0. The number of hydrogen-bond donors (Lipinski definition) is 0. The van der Waals surface area contributed by atoms with Crippen molar-refractivity contribution in [2.45, 2.75) is 13.8 Å². The van der Waals surface area contributed by atoms with Crippen LogP contribution in [-0.2, 0) is 4.74 Å². The highest BCUT2D eigenvalue weighted by Gasteiger charge is 2.22. The first-order valence-corrected chi connectivity index (χ1v) is 6.29. The van der Waals surface area contributed by atoms with Crippen molar-refractivity contribution in [3.63, 3.8) is 0 Å². The van der Waals surface area contributed by atoms with Crippen molar-refractivity contribution in [3.8, 4) is 6.07 Å². The number of nitrogens with zero attached hydrogens (tertiary/aromatic N) is 4. The van der Waals surface area contributed by atoms with E-state index in [-0.39, 0.29) is 0 Å². The smallest absolute Gasteiger partial charge is 0.415 e. The molecular formula is C14H20N4O2. The van der Waals surface area contributed by atoms with Crippen LogP contribution >= 0.6 is 0 Å². The summed E-state index contributed by atoms with van der Waals surface area (Å²) >= 11 is 0. The van der Waals surface area contributed by atoms with Crippen LogP contribution < -0.4 is 4.90 Å². The lowest BCUT2D eigenvalue weighted by Crippen LogP contribution is -2.38. The van der Waals surface area contributed by atoms with E-state index in [1.54, 1.807) is 0 Å². The molecule has 0 fully saturated rings. The van der Waals surface area contributed by atoms with Crippen LogP contribution in [-0.4, -0.2) is 50.3 Å². The second-order valence-electron chi connectivity index (χ2n) is 4.82. The summed E-state index contributed by atoms with van der Waals surface area (Å²) in [6.07, 6.45) is -0.513. The Hall–Kier alpha value is -2.13. The fourth-order valence-electron chi connectivity index (χ4n) is 1.84. The summed E-state index contributed by atoms with van der Waals surface area (Å²) in [4.78, 5) is 19.6. The Morgan fingerprint density at radius 1 is 1.40 bits per heavy atom. The van der Waals surface area contributed by atoms with E-state index < -0.39 is 6.09 Å². The van der Waals surface area contributed by atoms with Gasteiger partial charge in [0.15, 0.2) is 5.82 Å². The highest BCUT2D eigenvalue weighted by Crippen LogP contribution is 2.22. The maximum absolute atomic E-state index is 12.0. The number of nitriles is 1. The van der Waals surface area contributed by atoms with Crippen LogP contribution in [0.15, 0.2) is 6.07 Å².